The SMILES string of the molecule is CC(C)C(NC(=O)C12CC(C1)C2)C(=O)N1CCC[C@H]1C(=O)N[C@@H](C[C@@H]1CCNC1=O)C(=O)C(=O)NC1CCCCC1. The lowest BCUT2D eigenvalue weighted by molar-refractivity contribution is -0.167. The van der Waals surface area contributed by atoms with E-state index in [1.807, 2.05) is 13.8 Å². The number of ketones is 1. The summed E-state index contributed by atoms with van der Waals surface area (Å²) in [5, 5.41) is 11.3. The number of carbonyl (C=O) groups is 6. The van der Waals surface area contributed by atoms with Gasteiger partial charge >= 0.3 is 0 Å². The van der Waals surface area contributed by atoms with Gasteiger partial charge < -0.3 is 26.2 Å². The van der Waals surface area contributed by atoms with Gasteiger partial charge in [-0.3, -0.25) is 28.8 Å². The molecule has 1 unspecified atom stereocenters. The molecule has 0 radical (unpaired) electrons. The number of rotatable bonds is 11. The van der Waals surface area contributed by atoms with Crippen LogP contribution in [0, 0.1) is 23.2 Å². The van der Waals surface area contributed by atoms with Crippen LogP contribution >= 0.6 is 0 Å². The summed E-state index contributed by atoms with van der Waals surface area (Å²) in [5.74, 6) is -2.58. The van der Waals surface area contributed by atoms with Gasteiger partial charge in [0, 0.05) is 30.5 Å². The van der Waals surface area contributed by atoms with Crippen LogP contribution in [0.5, 0.6) is 0 Å². The molecule has 226 valence electrons. The number of Topliss-reactive ketones (excluding diaryl/α,β-unsaturated/α-hetero) is 1. The lowest BCUT2D eigenvalue weighted by Gasteiger charge is -2.60. The van der Waals surface area contributed by atoms with Gasteiger partial charge in [0.1, 0.15) is 12.1 Å². The van der Waals surface area contributed by atoms with Crippen LogP contribution in [-0.2, 0) is 28.8 Å². The van der Waals surface area contributed by atoms with Gasteiger partial charge in [-0.15, -0.1) is 0 Å². The molecule has 4 atom stereocenters. The summed E-state index contributed by atoms with van der Waals surface area (Å²) in [7, 11) is 0. The molecular formula is C30H45N5O6. The van der Waals surface area contributed by atoms with E-state index in [1.54, 1.807) is 0 Å². The Labute approximate surface area is 241 Å². The number of hydrogen-bond acceptors (Lipinski definition) is 6. The van der Waals surface area contributed by atoms with Crippen LogP contribution in [0.1, 0.15) is 90.9 Å². The predicted octanol–water partition coefficient (Wildman–Crippen LogP) is 0.947. The molecule has 0 aromatic carbocycles. The highest BCUT2D eigenvalue weighted by Crippen LogP contribution is 2.64. The van der Waals surface area contributed by atoms with Gasteiger partial charge in [0.05, 0.1) is 6.04 Å². The first-order chi connectivity index (χ1) is 19.6. The summed E-state index contributed by atoms with van der Waals surface area (Å²) in [4.78, 5) is 80.4. The normalized spacial score (nSPS) is 30.5. The molecule has 6 fully saturated rings. The lowest BCUT2D eigenvalue weighted by atomic mass is 9.44. The molecule has 6 rings (SSSR count). The fraction of sp³-hybridized carbons (Fsp3) is 0.800. The molecule has 4 saturated carbocycles. The molecular weight excluding hydrogens is 526 g/mol. The van der Waals surface area contributed by atoms with Crippen molar-refractivity contribution in [2.45, 2.75) is 115 Å². The molecule has 4 aliphatic carbocycles. The van der Waals surface area contributed by atoms with Crippen molar-refractivity contribution in [2.24, 2.45) is 23.2 Å². The number of likely N-dealkylation sites (tertiary alicyclic amines) is 1. The molecule has 0 spiro atoms. The Morgan fingerprint density at radius 3 is 2.24 bits per heavy atom. The maximum atomic E-state index is 13.7. The lowest BCUT2D eigenvalue weighted by Crippen LogP contribution is -2.64. The Balaban J connectivity index is 1.25. The molecule has 6 aliphatic rings. The zero-order chi connectivity index (χ0) is 29.3. The van der Waals surface area contributed by atoms with E-state index in [1.165, 1.54) is 4.90 Å². The second-order valence-corrected chi connectivity index (χ2v) is 13.4. The van der Waals surface area contributed by atoms with Crippen LogP contribution in [0.2, 0.25) is 0 Å². The highest BCUT2D eigenvalue weighted by atomic mass is 16.2. The summed E-state index contributed by atoms with van der Waals surface area (Å²) in [6, 6.07) is -2.79. The van der Waals surface area contributed by atoms with E-state index in [0.29, 0.717) is 38.3 Å². The number of nitrogens with one attached hydrogen (secondary N) is 4. The van der Waals surface area contributed by atoms with Crippen LogP contribution < -0.4 is 21.3 Å². The smallest absolute Gasteiger partial charge is 0.289 e. The van der Waals surface area contributed by atoms with Crippen molar-refractivity contribution in [2.75, 3.05) is 13.1 Å². The van der Waals surface area contributed by atoms with Gasteiger partial charge in [-0.05, 0) is 69.6 Å². The summed E-state index contributed by atoms with van der Waals surface area (Å²) >= 11 is 0. The Morgan fingerprint density at radius 2 is 1.66 bits per heavy atom. The molecule has 2 bridgehead atoms. The van der Waals surface area contributed by atoms with Crippen molar-refractivity contribution in [3.8, 4) is 0 Å². The van der Waals surface area contributed by atoms with Crippen molar-refractivity contribution in [1.82, 2.24) is 26.2 Å². The quantitative estimate of drug-likeness (QED) is 0.271. The molecule has 0 aromatic rings. The first kappa shape index (κ1) is 29.5. The highest BCUT2D eigenvalue weighted by molar-refractivity contribution is 6.38. The number of amides is 5. The first-order valence-corrected chi connectivity index (χ1v) is 15.6. The fourth-order valence-corrected chi connectivity index (χ4v) is 7.36. The van der Waals surface area contributed by atoms with Crippen molar-refractivity contribution >= 4 is 35.3 Å². The van der Waals surface area contributed by atoms with Gasteiger partial charge in [-0.2, -0.15) is 0 Å². The largest absolute Gasteiger partial charge is 0.356 e. The zero-order valence-corrected chi connectivity index (χ0v) is 24.3. The average Bonchev–Trinajstić information content (AvgIpc) is 3.54. The molecule has 5 amide bonds. The second kappa shape index (κ2) is 12.1. The first-order valence-electron chi connectivity index (χ1n) is 15.6. The molecule has 4 N–H and O–H groups in total. The molecule has 41 heavy (non-hydrogen) atoms. The average molecular weight is 572 g/mol. The van der Waals surface area contributed by atoms with Gasteiger partial charge in [-0.25, -0.2) is 0 Å². The summed E-state index contributed by atoms with van der Waals surface area (Å²) in [6.07, 6.45) is 8.96. The molecule has 2 heterocycles. The summed E-state index contributed by atoms with van der Waals surface area (Å²) < 4.78 is 0. The third-order valence-corrected chi connectivity index (χ3v) is 10.1. The van der Waals surface area contributed by atoms with Gasteiger partial charge in [0.15, 0.2) is 0 Å². The molecule has 11 heteroatoms. The van der Waals surface area contributed by atoms with E-state index in [0.717, 1.165) is 51.4 Å². The van der Waals surface area contributed by atoms with E-state index in [4.69, 9.17) is 0 Å². The summed E-state index contributed by atoms with van der Waals surface area (Å²) in [5.41, 5.74) is -0.321. The molecule has 2 saturated heterocycles. The number of hydrogen-bond donors (Lipinski definition) is 4. The van der Waals surface area contributed by atoms with Gasteiger partial charge in [0.2, 0.25) is 29.4 Å². The van der Waals surface area contributed by atoms with Gasteiger partial charge in [0.25, 0.3) is 5.91 Å². The van der Waals surface area contributed by atoms with E-state index >= 15 is 0 Å². The van der Waals surface area contributed by atoms with E-state index in [9.17, 15) is 28.8 Å². The maximum absolute atomic E-state index is 13.7. The van der Waals surface area contributed by atoms with Crippen LogP contribution in [-0.4, -0.2) is 77.5 Å². The minimum atomic E-state index is -1.16. The van der Waals surface area contributed by atoms with Gasteiger partial charge in [-0.1, -0.05) is 33.1 Å². The monoisotopic (exact) mass is 571 g/mol. The minimum absolute atomic E-state index is 0.0307. The molecule has 11 nitrogen and oxygen atoms in total. The van der Waals surface area contributed by atoms with Crippen LogP contribution in [0.15, 0.2) is 0 Å². The molecule has 2 aliphatic heterocycles. The fourth-order valence-electron chi connectivity index (χ4n) is 7.36. The van der Waals surface area contributed by atoms with Crippen molar-refractivity contribution in [3.05, 3.63) is 0 Å². The highest BCUT2D eigenvalue weighted by Gasteiger charge is 2.61. The van der Waals surface area contributed by atoms with E-state index in [-0.39, 0.29) is 41.5 Å². The maximum Gasteiger partial charge on any atom is 0.289 e. The van der Waals surface area contributed by atoms with Crippen molar-refractivity contribution in [3.63, 3.8) is 0 Å². The van der Waals surface area contributed by atoms with Crippen LogP contribution in [0.25, 0.3) is 0 Å². The topological polar surface area (TPSA) is 154 Å². The second-order valence-electron chi connectivity index (χ2n) is 13.4. The predicted molar refractivity (Wildman–Crippen MR) is 149 cm³/mol. The number of carbonyl (C=O) groups excluding carboxylic acids is 6. The third-order valence-electron chi connectivity index (χ3n) is 10.1. The Bertz CT molecular complexity index is 1070. The molecule has 0 aromatic heterocycles. The zero-order valence-electron chi connectivity index (χ0n) is 24.3. The Hall–Kier alpha value is -2.98. The van der Waals surface area contributed by atoms with E-state index < -0.39 is 41.6 Å². The number of nitrogens with zero attached hydrogens (tertiary/aromatic N) is 1. The third kappa shape index (κ3) is 6.14. The minimum Gasteiger partial charge on any atom is -0.356 e. The van der Waals surface area contributed by atoms with Crippen LogP contribution in [0.4, 0.5) is 0 Å². The standard InChI is InChI=1S/C30H45N5O6/c1-17(2)23(34-29(41)30-14-18(15-30)16-30)28(40)35-12-6-9-22(35)26(38)33-21(13-19-10-11-31-25(19)37)24(36)27(39)32-20-7-4-3-5-8-20/h17-23H,3-16H2,1-2H3,(H,31,37)(H,32,39)(H,33,38)(H,34,41)/t18?,19-,21-,22-,23?,30?/m0/s1. The van der Waals surface area contributed by atoms with E-state index in [2.05, 4.69) is 21.3 Å². The summed E-state index contributed by atoms with van der Waals surface area (Å²) in [6.45, 7) is 4.61. The Morgan fingerprint density at radius 1 is 0.951 bits per heavy atom. The van der Waals surface area contributed by atoms with Crippen molar-refractivity contribution in [1.29, 1.82) is 0 Å². The van der Waals surface area contributed by atoms with Crippen LogP contribution in [0.3, 0.4) is 0 Å². The van der Waals surface area contributed by atoms with Crippen molar-refractivity contribution < 1.29 is 28.8 Å². The Kier molecular flexibility index (Phi) is 8.70.